The van der Waals surface area contributed by atoms with Crippen LogP contribution in [0.4, 0.5) is 0 Å². The molecule has 4 heteroatoms. The molecular weight excluding hydrogens is 877 g/mol. The number of para-hydroxylation sites is 3. The summed E-state index contributed by atoms with van der Waals surface area (Å²) in [4.78, 5) is 0. The first-order valence-electron chi connectivity index (χ1n) is 24.3. The molecule has 328 valence electrons. The molecule has 1 aliphatic rings. The molecule has 1 aliphatic heterocycles. The van der Waals surface area contributed by atoms with Gasteiger partial charge in [0.25, 0.3) is 0 Å². The molecule has 0 spiro atoms. The van der Waals surface area contributed by atoms with Gasteiger partial charge in [-0.1, -0.05) is 243 Å². The zero-order chi connectivity index (χ0) is 46.2. The van der Waals surface area contributed by atoms with Crippen LogP contribution >= 0.6 is 0 Å². The third kappa shape index (κ3) is 5.78. The molecule has 13 aromatic rings. The van der Waals surface area contributed by atoms with E-state index in [1.54, 1.807) is 0 Å². The molecule has 1 atom stereocenters. The van der Waals surface area contributed by atoms with Gasteiger partial charge < -0.3 is 9.13 Å². The lowest BCUT2D eigenvalue weighted by atomic mass is 10.1. The van der Waals surface area contributed by atoms with Crippen molar-refractivity contribution in [3.05, 3.63) is 279 Å². The van der Waals surface area contributed by atoms with Gasteiger partial charge in [0, 0.05) is 32.9 Å². The summed E-state index contributed by atoms with van der Waals surface area (Å²) in [7, 11) is -5.94. The monoisotopic (exact) mass is 922 g/mol. The van der Waals surface area contributed by atoms with Gasteiger partial charge in [-0.15, -0.1) is 0 Å². The molecule has 0 amide bonds. The van der Waals surface area contributed by atoms with Gasteiger partial charge in [-0.25, -0.2) is 0 Å². The summed E-state index contributed by atoms with van der Waals surface area (Å²) in [5, 5.41) is 16.0. The molecule has 0 fully saturated rings. The van der Waals surface area contributed by atoms with E-state index in [0.29, 0.717) is 0 Å². The third-order valence-corrected chi connectivity index (χ3v) is 24.9. The minimum atomic E-state index is -3.07. The van der Waals surface area contributed by atoms with Crippen LogP contribution in [0.2, 0.25) is 0 Å². The van der Waals surface area contributed by atoms with Crippen LogP contribution in [-0.2, 0) is 0 Å². The molecule has 2 nitrogen and oxygen atoms in total. The molecule has 0 bridgehead atoms. The highest BCUT2D eigenvalue weighted by molar-refractivity contribution is 7.21. The van der Waals surface area contributed by atoms with E-state index in [2.05, 4.69) is 288 Å². The maximum atomic E-state index is 2.60. The second kappa shape index (κ2) is 16.0. The molecule has 0 N–H and O–H groups in total. The van der Waals surface area contributed by atoms with Gasteiger partial charge in [0.2, 0.25) is 0 Å². The van der Waals surface area contributed by atoms with E-state index in [0.717, 1.165) is 0 Å². The fourth-order valence-electron chi connectivity index (χ4n) is 12.4. The Morgan fingerprint density at radius 3 is 1.39 bits per heavy atom. The van der Waals surface area contributed by atoms with E-state index in [-0.39, 0.29) is 0 Å². The van der Waals surface area contributed by atoms with Crippen molar-refractivity contribution < 1.29 is 0 Å². The first-order chi connectivity index (χ1) is 34.7. The Labute approximate surface area is 409 Å². The van der Waals surface area contributed by atoms with E-state index >= 15 is 0 Å². The number of benzene rings is 11. The van der Waals surface area contributed by atoms with Crippen LogP contribution in [0.5, 0.6) is 0 Å². The van der Waals surface area contributed by atoms with E-state index in [1.807, 2.05) is 0 Å². The Bertz CT molecular complexity index is 3990. The van der Waals surface area contributed by atoms with Crippen molar-refractivity contribution in [2.75, 3.05) is 0 Å². The minimum absolute atomic E-state index is 1.17. The molecule has 0 aliphatic carbocycles. The van der Waals surface area contributed by atoms with Crippen molar-refractivity contribution in [3.8, 4) is 22.5 Å². The lowest BCUT2D eigenvalue weighted by molar-refractivity contribution is 1.17. The Morgan fingerprint density at radius 2 is 0.757 bits per heavy atom. The summed E-state index contributed by atoms with van der Waals surface area (Å²) in [5.74, 6) is 0. The van der Waals surface area contributed by atoms with Crippen LogP contribution in [0, 0.1) is 0 Å². The summed E-state index contributed by atoms with van der Waals surface area (Å²) >= 11 is 0. The lowest BCUT2D eigenvalue weighted by Crippen LogP contribution is -2.76. The number of fused-ring (bicyclic) bond motifs is 8. The van der Waals surface area contributed by atoms with Crippen molar-refractivity contribution in [1.29, 1.82) is 0 Å². The van der Waals surface area contributed by atoms with Crippen LogP contribution < -0.4 is 41.5 Å². The first kappa shape index (κ1) is 40.5. The van der Waals surface area contributed by atoms with Gasteiger partial charge in [-0.05, 0) is 89.0 Å². The maximum Gasteiger partial charge on any atom is 0.184 e. The predicted octanol–water partition coefficient (Wildman–Crippen LogP) is 10.6. The highest BCUT2D eigenvalue weighted by Crippen LogP contribution is 2.39. The number of hydrogen-bond acceptors (Lipinski definition) is 0. The summed E-state index contributed by atoms with van der Waals surface area (Å²) in [5.41, 5.74) is 9.83. The zero-order valence-corrected chi connectivity index (χ0v) is 40.5. The fourth-order valence-corrected chi connectivity index (χ4v) is 22.3. The molecule has 3 heterocycles. The van der Waals surface area contributed by atoms with E-state index in [4.69, 9.17) is 0 Å². The Morgan fingerprint density at radius 1 is 0.286 bits per heavy atom. The lowest BCUT2D eigenvalue weighted by Gasteiger charge is -2.40. The van der Waals surface area contributed by atoms with Gasteiger partial charge in [0.05, 0.1) is 22.1 Å². The SMILES string of the molecule is c1ccc(-c2ccc([Si]3(c4ccccc4)c4ccccc4-n4c5ccccc5c5cc(-n6c7ccccc7c7ccc([Si](c8ccccc8)(c8ccccc8)c8ccccc8)cc76)cc3c54)cc2)cc1. The number of aromatic nitrogens is 2. The van der Waals surface area contributed by atoms with Gasteiger partial charge in [-0.3, -0.25) is 0 Å². The summed E-state index contributed by atoms with van der Waals surface area (Å²) in [6.07, 6.45) is 0. The molecule has 1 unspecified atom stereocenters. The molecule has 0 saturated carbocycles. The zero-order valence-electron chi connectivity index (χ0n) is 38.5. The van der Waals surface area contributed by atoms with Crippen molar-refractivity contribution in [2.24, 2.45) is 0 Å². The molecule has 0 radical (unpaired) electrons. The highest BCUT2D eigenvalue weighted by Gasteiger charge is 2.48. The van der Waals surface area contributed by atoms with Crippen molar-refractivity contribution in [1.82, 2.24) is 9.13 Å². The molecule has 70 heavy (non-hydrogen) atoms. The predicted molar refractivity (Wildman–Crippen MR) is 301 cm³/mol. The van der Waals surface area contributed by atoms with Crippen LogP contribution in [0.25, 0.3) is 66.1 Å². The van der Waals surface area contributed by atoms with E-state index < -0.39 is 16.1 Å². The van der Waals surface area contributed by atoms with E-state index in [1.165, 1.54) is 108 Å². The molecular formula is C66H46N2Si2. The Balaban J connectivity index is 1.12. The largest absolute Gasteiger partial charge is 0.309 e. The number of nitrogens with zero attached hydrogens (tertiary/aromatic N) is 2. The summed E-state index contributed by atoms with van der Waals surface area (Å²) in [6.45, 7) is 0. The standard InChI is InChI=1S/C66H46N2Si2/c1-6-22-47(23-7-1)48-38-40-54(41-39-48)70(53-30-14-5-15-31-53)64-37-21-20-36-62(64)68-61-35-19-17-33-57(61)59-44-49(45-65(70)66(59)68)67-60-34-18-16-32-56(60)58-43-42-55(46-63(58)67)69(50-24-8-2-9-25-50,51-26-10-3-11-27-51)52-28-12-4-13-29-52/h1-46H. The van der Waals surface area contributed by atoms with Gasteiger partial charge >= 0.3 is 0 Å². The van der Waals surface area contributed by atoms with Crippen molar-refractivity contribution in [2.45, 2.75) is 0 Å². The van der Waals surface area contributed by atoms with Crippen LogP contribution in [0.15, 0.2) is 279 Å². The Hall–Kier alpha value is -8.55. The number of hydrogen-bond donors (Lipinski definition) is 0. The molecule has 2 aromatic heterocycles. The quantitative estimate of drug-likeness (QED) is 0.106. The molecule has 11 aromatic carbocycles. The van der Waals surface area contributed by atoms with Crippen LogP contribution in [0.3, 0.4) is 0 Å². The second-order valence-corrected chi connectivity index (χ2v) is 26.3. The molecule has 0 saturated heterocycles. The maximum absolute atomic E-state index is 3.07. The van der Waals surface area contributed by atoms with E-state index in [9.17, 15) is 0 Å². The molecule has 14 rings (SSSR count). The second-order valence-electron chi connectivity index (χ2n) is 18.8. The first-order valence-corrected chi connectivity index (χ1v) is 28.3. The van der Waals surface area contributed by atoms with Crippen LogP contribution in [0.1, 0.15) is 0 Å². The van der Waals surface area contributed by atoms with Crippen LogP contribution in [-0.4, -0.2) is 25.3 Å². The van der Waals surface area contributed by atoms with Gasteiger partial charge in [0.15, 0.2) is 16.1 Å². The normalized spacial score (nSPS) is 14.3. The number of rotatable bonds is 8. The van der Waals surface area contributed by atoms with Crippen molar-refractivity contribution >= 4 is 101 Å². The smallest absolute Gasteiger partial charge is 0.184 e. The summed E-state index contributed by atoms with van der Waals surface area (Å²) in [6, 6.07) is 106. The third-order valence-electron chi connectivity index (χ3n) is 15.3. The van der Waals surface area contributed by atoms with Crippen molar-refractivity contribution in [3.63, 3.8) is 0 Å². The minimum Gasteiger partial charge on any atom is -0.309 e. The average molecular weight is 923 g/mol. The average Bonchev–Trinajstić information content (AvgIpc) is 3.96. The van der Waals surface area contributed by atoms with Gasteiger partial charge in [0.1, 0.15) is 0 Å². The van der Waals surface area contributed by atoms with Gasteiger partial charge in [-0.2, -0.15) is 0 Å². The highest BCUT2D eigenvalue weighted by atomic mass is 28.3. The fraction of sp³-hybridized carbons (Fsp3) is 0. The Kier molecular flexibility index (Phi) is 9.28. The topological polar surface area (TPSA) is 9.86 Å². The summed E-state index contributed by atoms with van der Waals surface area (Å²) < 4.78 is 5.18.